The predicted molar refractivity (Wildman–Crippen MR) is 159 cm³/mol. The third-order valence-electron chi connectivity index (χ3n) is 7.53. The summed E-state index contributed by atoms with van der Waals surface area (Å²) in [6, 6.07) is 11.7. The molecule has 3 aromatic rings. The molecule has 4 rings (SSSR count). The molecule has 0 aliphatic heterocycles. The number of hydrogen-bond acceptors (Lipinski definition) is 6. The number of likely N-dealkylation sites (N-methyl/N-ethyl adjacent to an activating group) is 2. The molecule has 11 heteroatoms. The number of halogens is 1. The maximum atomic E-state index is 13.4. The van der Waals surface area contributed by atoms with E-state index in [2.05, 4.69) is 10.6 Å². The summed E-state index contributed by atoms with van der Waals surface area (Å²) in [4.78, 5) is 56.4. The summed E-state index contributed by atoms with van der Waals surface area (Å²) in [5.41, 5.74) is 1.50. The highest BCUT2D eigenvalue weighted by atomic mass is 35.5. The van der Waals surface area contributed by atoms with Crippen molar-refractivity contribution in [3.63, 3.8) is 0 Å². The van der Waals surface area contributed by atoms with Gasteiger partial charge in [-0.15, -0.1) is 0 Å². The van der Waals surface area contributed by atoms with Crippen LogP contribution in [0.4, 0.5) is 11.4 Å². The highest BCUT2D eigenvalue weighted by Gasteiger charge is 2.30. The van der Waals surface area contributed by atoms with E-state index in [9.17, 15) is 19.2 Å². The molecule has 0 atom stereocenters. The van der Waals surface area contributed by atoms with Gasteiger partial charge >= 0.3 is 0 Å². The van der Waals surface area contributed by atoms with E-state index in [0.29, 0.717) is 66.0 Å². The third-order valence-corrected chi connectivity index (χ3v) is 7.78. The number of nitrogens with zero attached hydrogens (tertiary/aromatic N) is 3. The van der Waals surface area contributed by atoms with Crippen molar-refractivity contribution in [2.75, 3.05) is 51.9 Å². The zero-order valence-electron chi connectivity index (χ0n) is 23.8. The molecule has 0 unspecified atom stereocenters. The number of nitrogens with one attached hydrogen (secondary N) is 2. The van der Waals surface area contributed by atoms with Gasteiger partial charge in [0.05, 0.1) is 0 Å². The second-order valence-corrected chi connectivity index (χ2v) is 11.2. The highest BCUT2D eigenvalue weighted by Crippen LogP contribution is 2.35. The molecule has 1 heterocycles. The first-order chi connectivity index (χ1) is 19.6. The average Bonchev–Trinajstić information content (AvgIpc) is 3.33. The fraction of sp³-hybridized carbons (Fsp3) is 0.400. The molecule has 0 bridgehead atoms. The number of hydrogen-bond donors (Lipinski definition) is 2. The Hall–Kier alpha value is -3.89. The lowest BCUT2D eigenvalue weighted by Crippen LogP contribution is -2.37. The second kappa shape index (κ2) is 13.2. The Balaban J connectivity index is 1.64. The predicted octanol–water partition coefficient (Wildman–Crippen LogP) is 4.56. The van der Waals surface area contributed by atoms with E-state index < -0.39 is 5.91 Å². The van der Waals surface area contributed by atoms with Crippen molar-refractivity contribution in [1.82, 2.24) is 14.7 Å². The average molecular weight is 582 g/mol. The minimum atomic E-state index is -0.550. The normalized spacial score (nSPS) is 16.8. The van der Waals surface area contributed by atoms with Gasteiger partial charge in [0.1, 0.15) is 11.3 Å². The number of rotatable bonds is 10. The molecule has 10 nitrogen and oxygen atoms in total. The standard InChI is InChI=1S/C30H36ClN5O5/c1-34(2)15-16-35(3)30(40)20-7-14-25-24(17-20)26(27(41-25)29(39)32-22-10-8-21(31)9-11-22)33-28(38)19-5-12-23(13-6-19)36(4)18-37/h7-11,14,17-19,23H,5-6,12-13,15-16H2,1-4H3,(H,32,39)(H,33,38). The Morgan fingerprint density at radius 2 is 1.63 bits per heavy atom. The van der Waals surface area contributed by atoms with Crippen LogP contribution in [0.15, 0.2) is 46.9 Å². The summed E-state index contributed by atoms with van der Waals surface area (Å²) in [6.45, 7) is 1.24. The Bertz CT molecular complexity index is 1410. The van der Waals surface area contributed by atoms with Crippen LogP contribution in [0.3, 0.4) is 0 Å². The smallest absolute Gasteiger partial charge is 0.293 e. The fourth-order valence-corrected chi connectivity index (χ4v) is 5.09. The largest absolute Gasteiger partial charge is 0.449 e. The van der Waals surface area contributed by atoms with Crippen LogP contribution in [0.1, 0.15) is 46.6 Å². The molecule has 1 aliphatic carbocycles. The maximum Gasteiger partial charge on any atom is 0.293 e. The lowest BCUT2D eigenvalue weighted by molar-refractivity contribution is -0.122. The molecule has 0 spiro atoms. The first kappa shape index (κ1) is 30.1. The van der Waals surface area contributed by atoms with Crippen LogP contribution in [0.5, 0.6) is 0 Å². The summed E-state index contributed by atoms with van der Waals surface area (Å²) in [6.07, 6.45) is 3.45. The topological polar surface area (TPSA) is 115 Å². The molecule has 0 saturated heterocycles. The van der Waals surface area contributed by atoms with Gasteiger partial charge in [0.15, 0.2) is 0 Å². The monoisotopic (exact) mass is 581 g/mol. The van der Waals surface area contributed by atoms with Gasteiger partial charge in [-0.25, -0.2) is 0 Å². The van der Waals surface area contributed by atoms with Gasteiger partial charge in [-0.3, -0.25) is 19.2 Å². The minimum absolute atomic E-state index is 0.0664. The Morgan fingerprint density at radius 1 is 0.951 bits per heavy atom. The molecule has 1 aromatic heterocycles. The van der Waals surface area contributed by atoms with Crippen molar-refractivity contribution < 1.29 is 23.6 Å². The van der Waals surface area contributed by atoms with Gasteiger partial charge in [-0.2, -0.15) is 0 Å². The van der Waals surface area contributed by atoms with Crippen LogP contribution >= 0.6 is 11.6 Å². The van der Waals surface area contributed by atoms with Gasteiger partial charge in [-0.1, -0.05) is 11.6 Å². The van der Waals surface area contributed by atoms with Crippen LogP contribution < -0.4 is 10.6 Å². The van der Waals surface area contributed by atoms with Crippen LogP contribution in [-0.2, 0) is 9.59 Å². The van der Waals surface area contributed by atoms with E-state index in [-0.39, 0.29) is 35.2 Å². The van der Waals surface area contributed by atoms with Crippen molar-refractivity contribution in [3.05, 3.63) is 58.8 Å². The summed E-state index contributed by atoms with van der Waals surface area (Å²) >= 11 is 5.98. The fourth-order valence-electron chi connectivity index (χ4n) is 4.96. The molecule has 1 fully saturated rings. The van der Waals surface area contributed by atoms with Crippen LogP contribution in [0.2, 0.25) is 5.02 Å². The van der Waals surface area contributed by atoms with Crippen molar-refractivity contribution in [2.45, 2.75) is 31.7 Å². The molecular weight excluding hydrogens is 546 g/mol. The first-order valence-corrected chi connectivity index (χ1v) is 14.0. The number of anilines is 2. The van der Waals surface area contributed by atoms with Crippen molar-refractivity contribution >= 4 is 58.1 Å². The second-order valence-electron chi connectivity index (χ2n) is 10.8. The van der Waals surface area contributed by atoms with Gasteiger partial charge < -0.3 is 29.8 Å². The van der Waals surface area contributed by atoms with Gasteiger partial charge in [-0.05, 0) is 82.2 Å². The van der Waals surface area contributed by atoms with E-state index in [4.69, 9.17) is 16.0 Å². The zero-order valence-corrected chi connectivity index (χ0v) is 24.5. The lowest BCUT2D eigenvalue weighted by atomic mass is 9.85. The van der Waals surface area contributed by atoms with E-state index >= 15 is 0 Å². The van der Waals surface area contributed by atoms with Gasteiger partial charge in [0.25, 0.3) is 11.8 Å². The van der Waals surface area contributed by atoms with Crippen molar-refractivity contribution in [2.24, 2.45) is 5.92 Å². The zero-order chi connectivity index (χ0) is 29.7. The number of carbonyl (C=O) groups excluding carboxylic acids is 4. The SMILES string of the molecule is CN(C)CCN(C)C(=O)c1ccc2oc(C(=O)Nc3ccc(Cl)cc3)c(NC(=O)C3CCC(N(C)C=O)CC3)c2c1. The molecule has 1 saturated carbocycles. The first-order valence-electron chi connectivity index (χ1n) is 13.6. The number of amides is 4. The van der Waals surface area contributed by atoms with Crippen molar-refractivity contribution in [3.8, 4) is 0 Å². The molecule has 2 N–H and O–H groups in total. The number of furan rings is 1. The van der Waals surface area contributed by atoms with E-state index in [0.717, 1.165) is 6.41 Å². The molecule has 4 amide bonds. The minimum Gasteiger partial charge on any atom is -0.449 e. The highest BCUT2D eigenvalue weighted by molar-refractivity contribution is 6.30. The van der Waals surface area contributed by atoms with Crippen LogP contribution in [0, 0.1) is 5.92 Å². The van der Waals surface area contributed by atoms with E-state index in [1.165, 1.54) is 0 Å². The Kier molecular flexibility index (Phi) is 9.67. The van der Waals surface area contributed by atoms with Crippen LogP contribution in [0.25, 0.3) is 11.0 Å². The Morgan fingerprint density at radius 3 is 2.27 bits per heavy atom. The molecule has 2 aromatic carbocycles. The molecule has 218 valence electrons. The number of fused-ring (bicyclic) bond motifs is 1. The summed E-state index contributed by atoms with van der Waals surface area (Å²) in [5, 5.41) is 6.72. The number of benzene rings is 2. The third kappa shape index (κ3) is 7.25. The molecular formula is C30H36ClN5O5. The summed E-state index contributed by atoms with van der Waals surface area (Å²) < 4.78 is 5.95. The van der Waals surface area contributed by atoms with Gasteiger partial charge in [0.2, 0.25) is 18.1 Å². The molecule has 41 heavy (non-hydrogen) atoms. The molecule has 1 aliphatic rings. The van der Waals surface area contributed by atoms with E-state index in [1.54, 1.807) is 66.4 Å². The number of carbonyl (C=O) groups is 4. The maximum absolute atomic E-state index is 13.4. The van der Waals surface area contributed by atoms with Crippen LogP contribution in [-0.4, -0.2) is 86.2 Å². The van der Waals surface area contributed by atoms with Gasteiger partial charge in [0, 0.05) is 60.8 Å². The van der Waals surface area contributed by atoms with Crippen molar-refractivity contribution in [1.29, 1.82) is 0 Å². The lowest BCUT2D eigenvalue weighted by Gasteiger charge is -2.32. The summed E-state index contributed by atoms with van der Waals surface area (Å²) in [7, 11) is 7.36. The quantitative estimate of drug-likeness (QED) is 0.339. The van der Waals surface area contributed by atoms with E-state index in [1.807, 2.05) is 19.0 Å². The summed E-state index contributed by atoms with van der Waals surface area (Å²) in [5.74, 6) is -1.32. The molecule has 0 radical (unpaired) electrons. The Labute approximate surface area is 244 Å².